The maximum Gasteiger partial charge on any atom is 0.325 e. The Balaban J connectivity index is 1.78. The Bertz CT molecular complexity index is 874. The highest BCUT2D eigenvalue weighted by Crippen LogP contribution is 2.17. The van der Waals surface area contributed by atoms with Crippen LogP contribution >= 0.6 is 0 Å². The van der Waals surface area contributed by atoms with Crippen molar-refractivity contribution in [1.82, 2.24) is 5.32 Å². The van der Waals surface area contributed by atoms with Crippen LogP contribution in [0.25, 0.3) is 0 Å². The second-order valence-electron chi connectivity index (χ2n) is 6.44. The van der Waals surface area contributed by atoms with Crippen molar-refractivity contribution in [3.05, 3.63) is 64.2 Å². The number of rotatable bonds is 6. The third kappa shape index (κ3) is 5.67. The van der Waals surface area contributed by atoms with Crippen molar-refractivity contribution < 1.29 is 19.1 Å². The fraction of sp³-hybridized carbons (Fsp3) is 0.286. The van der Waals surface area contributed by atoms with Crippen LogP contribution in [-0.2, 0) is 14.3 Å². The number of carbonyl (C=O) groups excluding carboxylic acids is 3. The Labute approximate surface area is 158 Å². The topological polar surface area (TPSA) is 84.5 Å². The summed E-state index contributed by atoms with van der Waals surface area (Å²) in [6, 6.07) is 10.9. The first kappa shape index (κ1) is 20.2. The molecule has 6 nitrogen and oxygen atoms in total. The minimum Gasteiger partial charge on any atom is -0.454 e. The molecule has 2 amide bonds. The van der Waals surface area contributed by atoms with Gasteiger partial charge in [-0.2, -0.15) is 0 Å². The van der Waals surface area contributed by atoms with E-state index in [-0.39, 0.29) is 12.5 Å². The van der Waals surface area contributed by atoms with Crippen molar-refractivity contribution in [2.24, 2.45) is 0 Å². The Morgan fingerprint density at radius 1 is 0.926 bits per heavy atom. The van der Waals surface area contributed by atoms with Gasteiger partial charge in [0.25, 0.3) is 11.8 Å². The average Bonchev–Trinajstić information content (AvgIpc) is 2.64. The first-order chi connectivity index (χ1) is 12.8. The molecule has 0 saturated carbocycles. The zero-order chi connectivity index (χ0) is 20.0. The number of esters is 1. The van der Waals surface area contributed by atoms with Gasteiger partial charge >= 0.3 is 5.97 Å². The number of aryl methyl sites for hydroxylation is 3. The second-order valence-corrected chi connectivity index (χ2v) is 6.44. The average molecular weight is 368 g/mol. The highest BCUT2D eigenvalue weighted by atomic mass is 16.5. The van der Waals surface area contributed by atoms with E-state index in [1.807, 2.05) is 45.9 Å². The number of ether oxygens (including phenoxy) is 1. The number of amides is 2. The van der Waals surface area contributed by atoms with Gasteiger partial charge in [-0.3, -0.25) is 14.4 Å². The van der Waals surface area contributed by atoms with Crippen molar-refractivity contribution in [2.75, 3.05) is 18.5 Å². The van der Waals surface area contributed by atoms with Gasteiger partial charge in [-0.25, -0.2) is 0 Å². The van der Waals surface area contributed by atoms with E-state index in [2.05, 4.69) is 10.6 Å². The SMILES string of the molecule is Cc1ccc(C(=O)NCC(=O)OCC(=O)Nc2cccc(C)c2C)cc1C. The van der Waals surface area contributed by atoms with Gasteiger partial charge in [0.05, 0.1) is 0 Å². The minimum atomic E-state index is -0.678. The zero-order valence-electron chi connectivity index (χ0n) is 16.0. The molecule has 0 aliphatic rings. The summed E-state index contributed by atoms with van der Waals surface area (Å²) >= 11 is 0. The first-order valence-electron chi connectivity index (χ1n) is 8.65. The molecule has 142 valence electrons. The van der Waals surface area contributed by atoms with E-state index >= 15 is 0 Å². The highest BCUT2D eigenvalue weighted by molar-refractivity contribution is 5.97. The molecule has 2 N–H and O–H groups in total. The van der Waals surface area contributed by atoms with Crippen LogP contribution in [0.2, 0.25) is 0 Å². The molecule has 0 fully saturated rings. The molecule has 2 rings (SSSR count). The molecular weight excluding hydrogens is 344 g/mol. The third-order valence-corrected chi connectivity index (χ3v) is 4.41. The van der Waals surface area contributed by atoms with Crippen LogP contribution in [0.3, 0.4) is 0 Å². The number of carbonyl (C=O) groups is 3. The summed E-state index contributed by atoms with van der Waals surface area (Å²) in [4.78, 5) is 35.8. The first-order valence-corrected chi connectivity index (χ1v) is 8.65. The largest absolute Gasteiger partial charge is 0.454 e. The lowest BCUT2D eigenvalue weighted by atomic mass is 10.1. The molecule has 27 heavy (non-hydrogen) atoms. The predicted octanol–water partition coefficient (Wildman–Crippen LogP) is 2.83. The number of nitrogens with one attached hydrogen (secondary N) is 2. The molecule has 0 saturated heterocycles. The van der Waals surface area contributed by atoms with Crippen LogP contribution in [-0.4, -0.2) is 30.9 Å². The Morgan fingerprint density at radius 2 is 1.67 bits per heavy atom. The summed E-state index contributed by atoms with van der Waals surface area (Å²) in [5, 5.41) is 5.20. The van der Waals surface area contributed by atoms with Gasteiger partial charge in [-0.05, 0) is 68.1 Å². The Hall–Kier alpha value is -3.15. The van der Waals surface area contributed by atoms with E-state index in [1.165, 1.54) is 0 Å². The Morgan fingerprint density at radius 3 is 2.37 bits per heavy atom. The smallest absolute Gasteiger partial charge is 0.325 e. The fourth-order valence-corrected chi connectivity index (χ4v) is 2.41. The molecule has 0 bridgehead atoms. The van der Waals surface area contributed by atoms with Gasteiger partial charge in [-0.1, -0.05) is 18.2 Å². The third-order valence-electron chi connectivity index (χ3n) is 4.41. The van der Waals surface area contributed by atoms with Crippen molar-refractivity contribution >= 4 is 23.5 Å². The van der Waals surface area contributed by atoms with Gasteiger partial charge in [-0.15, -0.1) is 0 Å². The van der Waals surface area contributed by atoms with Gasteiger partial charge < -0.3 is 15.4 Å². The van der Waals surface area contributed by atoms with E-state index < -0.39 is 18.5 Å². The maximum atomic E-state index is 12.1. The zero-order valence-corrected chi connectivity index (χ0v) is 16.0. The van der Waals surface area contributed by atoms with Crippen molar-refractivity contribution in [2.45, 2.75) is 27.7 Å². The molecule has 0 spiro atoms. The quantitative estimate of drug-likeness (QED) is 0.768. The van der Waals surface area contributed by atoms with Gasteiger partial charge in [0.2, 0.25) is 0 Å². The van der Waals surface area contributed by atoms with E-state index in [4.69, 9.17) is 4.74 Å². The standard InChI is InChI=1S/C21H24N2O4/c1-13-8-9-17(10-15(13)3)21(26)22-11-20(25)27-12-19(24)23-18-7-5-6-14(2)16(18)4/h5-10H,11-12H2,1-4H3,(H,22,26)(H,23,24). The number of anilines is 1. The molecule has 0 unspecified atom stereocenters. The summed E-state index contributed by atoms with van der Waals surface area (Å²) in [5.41, 5.74) is 5.24. The maximum absolute atomic E-state index is 12.1. The molecule has 6 heteroatoms. The summed E-state index contributed by atoms with van der Waals surface area (Å²) in [7, 11) is 0. The summed E-state index contributed by atoms with van der Waals surface area (Å²) in [6.45, 7) is 7.00. The van der Waals surface area contributed by atoms with Crippen LogP contribution in [0.1, 0.15) is 32.6 Å². The lowest BCUT2D eigenvalue weighted by Crippen LogP contribution is -2.32. The molecule has 2 aromatic carbocycles. The van der Waals surface area contributed by atoms with Gasteiger partial charge in [0.15, 0.2) is 6.61 Å². The number of hydrogen-bond acceptors (Lipinski definition) is 4. The minimum absolute atomic E-state index is 0.303. The summed E-state index contributed by atoms with van der Waals surface area (Å²) in [5.74, 6) is -1.48. The second kappa shape index (κ2) is 8.98. The molecular formula is C21H24N2O4. The molecule has 0 atom stereocenters. The normalized spacial score (nSPS) is 10.2. The van der Waals surface area contributed by atoms with Crippen LogP contribution in [0.15, 0.2) is 36.4 Å². The van der Waals surface area contributed by atoms with Gasteiger partial charge in [0, 0.05) is 11.3 Å². The van der Waals surface area contributed by atoms with Crippen molar-refractivity contribution in [3.63, 3.8) is 0 Å². The number of benzene rings is 2. The number of hydrogen-bond donors (Lipinski definition) is 2. The molecule has 0 aromatic heterocycles. The van der Waals surface area contributed by atoms with E-state index in [1.54, 1.807) is 18.2 Å². The highest BCUT2D eigenvalue weighted by Gasteiger charge is 2.12. The van der Waals surface area contributed by atoms with E-state index in [0.29, 0.717) is 11.3 Å². The fourth-order valence-electron chi connectivity index (χ4n) is 2.41. The van der Waals surface area contributed by atoms with Crippen molar-refractivity contribution in [3.8, 4) is 0 Å². The van der Waals surface area contributed by atoms with Crippen LogP contribution in [0, 0.1) is 27.7 Å². The van der Waals surface area contributed by atoms with Gasteiger partial charge in [0.1, 0.15) is 6.54 Å². The lowest BCUT2D eigenvalue weighted by Gasteiger charge is -2.11. The van der Waals surface area contributed by atoms with Crippen molar-refractivity contribution in [1.29, 1.82) is 0 Å². The summed E-state index contributed by atoms with van der Waals surface area (Å²) < 4.78 is 4.91. The van der Waals surface area contributed by atoms with E-state index in [9.17, 15) is 14.4 Å². The molecule has 0 radical (unpaired) electrons. The lowest BCUT2D eigenvalue weighted by molar-refractivity contribution is -0.146. The molecule has 0 aliphatic heterocycles. The predicted molar refractivity (Wildman–Crippen MR) is 104 cm³/mol. The molecule has 2 aromatic rings. The molecule has 0 heterocycles. The van der Waals surface area contributed by atoms with E-state index in [0.717, 1.165) is 22.3 Å². The monoisotopic (exact) mass is 368 g/mol. The Kier molecular flexibility index (Phi) is 6.71. The molecule has 0 aliphatic carbocycles. The summed E-state index contributed by atoms with van der Waals surface area (Å²) in [6.07, 6.45) is 0. The van der Waals surface area contributed by atoms with Crippen LogP contribution in [0.4, 0.5) is 5.69 Å². The van der Waals surface area contributed by atoms with Crippen LogP contribution in [0.5, 0.6) is 0 Å². The van der Waals surface area contributed by atoms with Crippen LogP contribution < -0.4 is 10.6 Å².